The summed E-state index contributed by atoms with van der Waals surface area (Å²) >= 11 is 1.58. The maximum atomic E-state index is 12.5. The highest BCUT2D eigenvalue weighted by Gasteiger charge is 2.27. The third kappa shape index (κ3) is 4.76. The van der Waals surface area contributed by atoms with Crippen LogP contribution in [-0.2, 0) is 15.0 Å². The fourth-order valence-electron chi connectivity index (χ4n) is 2.89. The second-order valence-electron chi connectivity index (χ2n) is 7.60. The van der Waals surface area contributed by atoms with Crippen molar-refractivity contribution in [3.63, 3.8) is 0 Å². The second kappa shape index (κ2) is 7.60. The highest BCUT2D eigenvalue weighted by atomic mass is 32.2. The Bertz CT molecular complexity index is 622. The fraction of sp³-hybridized carbons (Fsp3) is 0.579. The zero-order chi connectivity index (χ0) is 17.9. The smallest absolute Gasteiger partial charge is 0.232 e. The molecule has 5 heteroatoms. The summed E-state index contributed by atoms with van der Waals surface area (Å²) in [6.45, 7) is 9.84. The molecule has 1 aliphatic rings. The molecule has 4 nitrogen and oxygen atoms in total. The maximum absolute atomic E-state index is 12.5. The first-order valence-corrected chi connectivity index (χ1v) is 9.48. The number of amides is 2. The zero-order valence-corrected chi connectivity index (χ0v) is 15.9. The molecular formula is C19H28N2O2S. The third-order valence-corrected chi connectivity index (χ3v) is 5.72. The number of hydrogen-bond acceptors (Lipinski definition) is 3. The Labute approximate surface area is 149 Å². The Kier molecular flexibility index (Phi) is 5.97. The van der Waals surface area contributed by atoms with E-state index in [1.54, 1.807) is 16.7 Å². The number of aryl methyl sites for hydroxylation is 1. The van der Waals surface area contributed by atoms with Crippen molar-refractivity contribution in [1.29, 1.82) is 0 Å². The van der Waals surface area contributed by atoms with E-state index in [1.165, 1.54) is 11.1 Å². The molecular weight excluding hydrogens is 320 g/mol. The Morgan fingerprint density at radius 2 is 2.04 bits per heavy atom. The number of carbonyl (C=O) groups is 2. The number of likely N-dealkylation sites (tertiary alicyclic amines) is 1. The number of hydrogen-bond donors (Lipinski definition) is 1. The van der Waals surface area contributed by atoms with E-state index in [0.29, 0.717) is 12.3 Å². The fourth-order valence-corrected chi connectivity index (χ4v) is 3.86. The molecule has 1 aliphatic heterocycles. The van der Waals surface area contributed by atoms with Crippen molar-refractivity contribution in [2.75, 3.05) is 18.8 Å². The van der Waals surface area contributed by atoms with Crippen molar-refractivity contribution in [3.8, 4) is 0 Å². The molecule has 0 saturated carbocycles. The quantitative estimate of drug-likeness (QED) is 0.851. The van der Waals surface area contributed by atoms with E-state index in [-0.39, 0.29) is 23.1 Å². The van der Waals surface area contributed by atoms with Crippen LogP contribution in [0.15, 0.2) is 23.1 Å². The monoisotopic (exact) mass is 348 g/mol. The standard InChI is InChI=1S/C19H28N2O2S/c1-13-7-8-15(19(2,3)4)10-16(13)24-12-17(22)21-9-5-6-14(11-21)18(20)23/h7-8,10,14H,5-6,9,11-12H2,1-4H3,(H2,20,23). The minimum Gasteiger partial charge on any atom is -0.369 e. The molecule has 0 spiro atoms. The lowest BCUT2D eigenvalue weighted by Crippen LogP contribution is -2.44. The molecule has 2 amide bonds. The topological polar surface area (TPSA) is 63.4 Å². The van der Waals surface area contributed by atoms with Gasteiger partial charge in [-0.3, -0.25) is 9.59 Å². The highest BCUT2D eigenvalue weighted by Crippen LogP contribution is 2.30. The van der Waals surface area contributed by atoms with Gasteiger partial charge in [0.25, 0.3) is 0 Å². The number of rotatable bonds is 4. The van der Waals surface area contributed by atoms with E-state index < -0.39 is 0 Å². The van der Waals surface area contributed by atoms with Crippen molar-refractivity contribution in [2.45, 2.75) is 50.8 Å². The Balaban J connectivity index is 2.00. The molecule has 1 aromatic carbocycles. The molecule has 0 radical (unpaired) electrons. The molecule has 0 aliphatic carbocycles. The number of benzene rings is 1. The number of piperidine rings is 1. The van der Waals surface area contributed by atoms with Crippen LogP contribution >= 0.6 is 11.8 Å². The summed E-state index contributed by atoms with van der Waals surface area (Å²) in [7, 11) is 0. The van der Waals surface area contributed by atoms with Gasteiger partial charge in [-0.1, -0.05) is 32.9 Å². The molecule has 1 fully saturated rings. The van der Waals surface area contributed by atoms with Gasteiger partial charge < -0.3 is 10.6 Å². The molecule has 2 N–H and O–H groups in total. The molecule has 0 bridgehead atoms. The molecule has 1 heterocycles. The van der Waals surface area contributed by atoms with Crippen LogP contribution in [0.3, 0.4) is 0 Å². The van der Waals surface area contributed by atoms with Gasteiger partial charge >= 0.3 is 0 Å². The van der Waals surface area contributed by atoms with Crippen LogP contribution in [0.5, 0.6) is 0 Å². The van der Waals surface area contributed by atoms with Gasteiger partial charge in [-0.2, -0.15) is 0 Å². The lowest BCUT2D eigenvalue weighted by Gasteiger charge is -2.31. The molecule has 132 valence electrons. The van der Waals surface area contributed by atoms with Crippen LogP contribution in [0.4, 0.5) is 0 Å². The second-order valence-corrected chi connectivity index (χ2v) is 8.62. The summed E-state index contributed by atoms with van der Waals surface area (Å²) in [6.07, 6.45) is 1.64. The SMILES string of the molecule is Cc1ccc(C(C)(C)C)cc1SCC(=O)N1CCCC(C(N)=O)C1. The largest absolute Gasteiger partial charge is 0.369 e. The number of thioether (sulfide) groups is 1. The van der Waals surface area contributed by atoms with Gasteiger partial charge in [0.15, 0.2) is 0 Å². The predicted molar refractivity (Wildman–Crippen MR) is 99.1 cm³/mol. The predicted octanol–water partition coefficient (Wildman–Crippen LogP) is 3.11. The Morgan fingerprint density at radius 1 is 1.33 bits per heavy atom. The molecule has 24 heavy (non-hydrogen) atoms. The van der Waals surface area contributed by atoms with Crippen molar-refractivity contribution in [1.82, 2.24) is 4.90 Å². The van der Waals surface area contributed by atoms with Gasteiger partial charge in [0, 0.05) is 18.0 Å². The minimum absolute atomic E-state index is 0.0894. The summed E-state index contributed by atoms with van der Waals surface area (Å²) in [5.41, 5.74) is 7.94. The number of nitrogens with zero attached hydrogens (tertiary/aromatic N) is 1. The molecule has 1 atom stereocenters. The molecule has 1 saturated heterocycles. The van der Waals surface area contributed by atoms with Gasteiger partial charge in [-0.05, 0) is 42.4 Å². The molecule has 0 aromatic heterocycles. The lowest BCUT2D eigenvalue weighted by molar-refractivity contribution is -0.132. The van der Waals surface area contributed by atoms with Crippen LogP contribution in [0.2, 0.25) is 0 Å². The van der Waals surface area contributed by atoms with E-state index in [1.807, 2.05) is 0 Å². The number of carbonyl (C=O) groups excluding carboxylic acids is 2. The minimum atomic E-state index is -0.297. The summed E-state index contributed by atoms with van der Waals surface area (Å²) in [6, 6.07) is 6.47. The normalized spacial score (nSPS) is 18.5. The first-order chi connectivity index (χ1) is 11.2. The third-order valence-electron chi connectivity index (χ3n) is 4.58. The Morgan fingerprint density at radius 3 is 2.67 bits per heavy atom. The van der Waals surface area contributed by atoms with Crippen LogP contribution in [0, 0.1) is 12.8 Å². The van der Waals surface area contributed by atoms with Gasteiger partial charge in [0.1, 0.15) is 0 Å². The maximum Gasteiger partial charge on any atom is 0.232 e. The lowest BCUT2D eigenvalue weighted by atomic mass is 9.87. The van der Waals surface area contributed by atoms with Gasteiger partial charge in [0.2, 0.25) is 11.8 Å². The van der Waals surface area contributed by atoms with Crippen molar-refractivity contribution >= 4 is 23.6 Å². The summed E-state index contributed by atoms with van der Waals surface area (Å²) in [5.74, 6) is -0.000968. The van der Waals surface area contributed by atoms with Crippen molar-refractivity contribution < 1.29 is 9.59 Å². The average molecular weight is 349 g/mol. The van der Waals surface area contributed by atoms with Crippen LogP contribution < -0.4 is 5.73 Å². The highest BCUT2D eigenvalue weighted by molar-refractivity contribution is 8.00. The van der Waals surface area contributed by atoms with Gasteiger partial charge in [-0.25, -0.2) is 0 Å². The molecule has 1 unspecified atom stereocenters. The zero-order valence-electron chi connectivity index (χ0n) is 15.1. The number of nitrogens with two attached hydrogens (primary N) is 1. The van der Waals surface area contributed by atoms with Crippen molar-refractivity contribution in [2.24, 2.45) is 11.7 Å². The molecule has 1 aromatic rings. The summed E-state index contributed by atoms with van der Waals surface area (Å²) < 4.78 is 0. The van der Waals surface area contributed by atoms with E-state index in [2.05, 4.69) is 45.9 Å². The van der Waals surface area contributed by atoms with Gasteiger partial charge in [0.05, 0.1) is 11.7 Å². The van der Waals surface area contributed by atoms with Crippen molar-refractivity contribution in [3.05, 3.63) is 29.3 Å². The van der Waals surface area contributed by atoms with E-state index >= 15 is 0 Å². The van der Waals surface area contributed by atoms with Crippen LogP contribution in [0.25, 0.3) is 0 Å². The van der Waals surface area contributed by atoms with E-state index in [4.69, 9.17) is 5.73 Å². The first kappa shape index (κ1) is 18.8. The average Bonchev–Trinajstić information content (AvgIpc) is 2.52. The van der Waals surface area contributed by atoms with E-state index in [0.717, 1.165) is 24.3 Å². The van der Waals surface area contributed by atoms with Crippen LogP contribution in [0.1, 0.15) is 44.7 Å². The first-order valence-electron chi connectivity index (χ1n) is 8.49. The molecule has 2 rings (SSSR count). The number of primary amides is 1. The van der Waals surface area contributed by atoms with Crippen LogP contribution in [-0.4, -0.2) is 35.6 Å². The summed E-state index contributed by atoms with van der Waals surface area (Å²) in [4.78, 5) is 26.8. The summed E-state index contributed by atoms with van der Waals surface area (Å²) in [5, 5.41) is 0. The van der Waals surface area contributed by atoms with E-state index in [9.17, 15) is 9.59 Å². The Hall–Kier alpha value is -1.49. The van der Waals surface area contributed by atoms with Gasteiger partial charge in [-0.15, -0.1) is 11.8 Å².